The molecule has 3 rings (SSSR count). The summed E-state index contributed by atoms with van der Waals surface area (Å²) in [6.45, 7) is -2.88. The smallest absolute Gasteiger partial charge is 0.407 e. The number of carboxylic acids is 1. The van der Waals surface area contributed by atoms with Crippen molar-refractivity contribution in [3.8, 4) is 11.1 Å². The van der Waals surface area contributed by atoms with E-state index in [0.717, 1.165) is 22.3 Å². The van der Waals surface area contributed by atoms with Crippen molar-refractivity contribution in [2.75, 3.05) is 6.61 Å². The average Bonchev–Trinajstić information content (AvgIpc) is 2.91. The molecular weight excluding hydrogens is 294 g/mol. The standard InChI is InChI=1S/C18H17NO4/c1-11(17(20)21)19-18(22)23-10-16-14-8-4-2-6-12(14)13-7-3-5-9-15(13)16/h2-9,11,16H,10H2,1H3,(H,19,22)(H,20,21)/t11-/m0/s1/i1D3. The summed E-state index contributed by atoms with van der Waals surface area (Å²) in [5.74, 6) is -1.83. The van der Waals surface area contributed by atoms with Gasteiger partial charge >= 0.3 is 12.1 Å². The Balaban J connectivity index is 1.74. The zero-order chi connectivity index (χ0) is 18.9. The molecule has 23 heavy (non-hydrogen) atoms. The lowest BCUT2D eigenvalue weighted by Crippen LogP contribution is -2.39. The summed E-state index contributed by atoms with van der Waals surface area (Å²) < 4.78 is 26.7. The van der Waals surface area contributed by atoms with E-state index in [1.807, 2.05) is 53.8 Å². The van der Waals surface area contributed by atoms with Gasteiger partial charge < -0.3 is 15.2 Å². The molecule has 0 unspecified atom stereocenters. The number of hydrogen-bond donors (Lipinski definition) is 2. The van der Waals surface area contributed by atoms with Gasteiger partial charge in [-0.15, -0.1) is 0 Å². The fourth-order valence-corrected chi connectivity index (χ4v) is 2.82. The van der Waals surface area contributed by atoms with Crippen molar-refractivity contribution >= 4 is 12.1 Å². The zero-order valence-corrected chi connectivity index (χ0v) is 12.2. The first-order chi connectivity index (χ1) is 12.3. The minimum Gasteiger partial charge on any atom is -0.480 e. The topological polar surface area (TPSA) is 75.6 Å². The van der Waals surface area contributed by atoms with Crippen LogP contribution in [0.5, 0.6) is 0 Å². The van der Waals surface area contributed by atoms with E-state index in [4.69, 9.17) is 14.0 Å². The van der Waals surface area contributed by atoms with Crippen molar-refractivity contribution < 1.29 is 23.5 Å². The van der Waals surface area contributed by atoms with E-state index in [0.29, 0.717) is 0 Å². The summed E-state index contributed by atoms with van der Waals surface area (Å²) in [6.07, 6.45) is -1.07. The first-order valence-electron chi connectivity index (χ1n) is 8.63. The molecule has 2 aromatic rings. The van der Waals surface area contributed by atoms with Gasteiger partial charge in [-0.25, -0.2) is 4.79 Å². The molecule has 1 atom stereocenters. The van der Waals surface area contributed by atoms with E-state index in [1.165, 1.54) is 0 Å². The van der Waals surface area contributed by atoms with Crippen molar-refractivity contribution in [3.63, 3.8) is 0 Å². The molecule has 0 aromatic heterocycles. The number of alkyl carbamates (subject to hydrolysis) is 1. The Morgan fingerprint density at radius 1 is 1.17 bits per heavy atom. The molecule has 118 valence electrons. The Kier molecular flexibility index (Phi) is 3.12. The number of fused-ring (bicyclic) bond motifs is 3. The number of aliphatic carboxylic acids is 1. The van der Waals surface area contributed by atoms with E-state index in [-0.39, 0.29) is 12.5 Å². The zero-order valence-electron chi connectivity index (χ0n) is 15.2. The molecule has 0 heterocycles. The number of carbonyl (C=O) groups is 2. The normalized spacial score (nSPS) is 16.3. The third-order valence-electron chi connectivity index (χ3n) is 3.85. The molecule has 0 bridgehead atoms. The van der Waals surface area contributed by atoms with Gasteiger partial charge in [0.05, 0.1) is 0 Å². The summed E-state index contributed by atoms with van der Waals surface area (Å²) in [4.78, 5) is 23.0. The molecule has 2 aromatic carbocycles. The fourth-order valence-electron chi connectivity index (χ4n) is 2.82. The van der Waals surface area contributed by atoms with Crippen LogP contribution in [0.15, 0.2) is 48.5 Å². The van der Waals surface area contributed by atoms with Crippen LogP contribution in [0.1, 0.15) is 28.0 Å². The lowest BCUT2D eigenvalue weighted by atomic mass is 9.98. The molecule has 0 radical (unpaired) electrons. The van der Waals surface area contributed by atoms with Crippen LogP contribution in [0.25, 0.3) is 11.1 Å². The highest BCUT2D eigenvalue weighted by Crippen LogP contribution is 2.44. The third-order valence-corrected chi connectivity index (χ3v) is 3.85. The quantitative estimate of drug-likeness (QED) is 0.909. The number of hydrogen-bond acceptors (Lipinski definition) is 3. The van der Waals surface area contributed by atoms with Gasteiger partial charge in [0.1, 0.15) is 12.6 Å². The van der Waals surface area contributed by atoms with E-state index >= 15 is 0 Å². The van der Waals surface area contributed by atoms with E-state index in [9.17, 15) is 9.59 Å². The first kappa shape index (κ1) is 11.7. The third kappa shape index (κ3) is 2.90. The first-order valence-corrected chi connectivity index (χ1v) is 7.13. The molecule has 1 aliphatic rings. The maximum absolute atomic E-state index is 11.9. The molecular formula is C18H17NO4. The number of benzene rings is 2. The predicted molar refractivity (Wildman–Crippen MR) is 85.3 cm³/mol. The van der Waals surface area contributed by atoms with Crippen molar-refractivity contribution in [2.45, 2.75) is 18.8 Å². The van der Waals surface area contributed by atoms with Gasteiger partial charge in [0, 0.05) is 10.0 Å². The molecule has 0 spiro atoms. The average molecular weight is 314 g/mol. The van der Waals surface area contributed by atoms with Gasteiger partial charge in [-0.2, -0.15) is 0 Å². The van der Waals surface area contributed by atoms with Crippen molar-refractivity contribution in [3.05, 3.63) is 59.7 Å². The largest absolute Gasteiger partial charge is 0.480 e. The molecule has 1 aliphatic carbocycles. The van der Waals surface area contributed by atoms with Crippen LogP contribution >= 0.6 is 0 Å². The van der Waals surface area contributed by atoms with E-state index in [2.05, 4.69) is 0 Å². The van der Waals surface area contributed by atoms with Gasteiger partial charge in [0.25, 0.3) is 0 Å². The lowest BCUT2D eigenvalue weighted by molar-refractivity contribution is -0.138. The molecule has 1 amide bonds. The maximum atomic E-state index is 11.9. The highest BCUT2D eigenvalue weighted by Gasteiger charge is 2.29. The lowest BCUT2D eigenvalue weighted by Gasteiger charge is -2.15. The van der Waals surface area contributed by atoms with Crippen LogP contribution in [0, 0.1) is 0 Å². The Bertz CT molecular complexity index is 805. The molecule has 0 saturated heterocycles. The van der Waals surface area contributed by atoms with Gasteiger partial charge in [-0.3, -0.25) is 4.79 Å². The van der Waals surface area contributed by atoms with Crippen LogP contribution in [0.3, 0.4) is 0 Å². The van der Waals surface area contributed by atoms with Crippen LogP contribution in [-0.2, 0) is 9.53 Å². The fraction of sp³-hybridized carbons (Fsp3) is 0.222. The minimum absolute atomic E-state index is 0.0206. The number of carboxylic acid groups (broad SMARTS) is 1. The van der Waals surface area contributed by atoms with Crippen LogP contribution in [-0.4, -0.2) is 29.8 Å². The predicted octanol–water partition coefficient (Wildman–Crippen LogP) is 3.00. The summed E-state index contributed by atoms with van der Waals surface area (Å²) in [5, 5.41) is 10.9. The van der Waals surface area contributed by atoms with Crippen LogP contribution in [0.4, 0.5) is 4.79 Å². The Labute approximate surface area is 138 Å². The van der Waals surface area contributed by atoms with E-state index in [1.54, 1.807) is 0 Å². The second kappa shape index (κ2) is 6.12. The molecule has 5 heteroatoms. The van der Waals surface area contributed by atoms with Gasteiger partial charge in [0.2, 0.25) is 0 Å². The monoisotopic (exact) mass is 314 g/mol. The van der Waals surface area contributed by atoms with E-state index < -0.39 is 25.0 Å². The highest BCUT2D eigenvalue weighted by atomic mass is 16.5. The van der Waals surface area contributed by atoms with Gasteiger partial charge in [0.15, 0.2) is 0 Å². The van der Waals surface area contributed by atoms with Crippen LogP contribution < -0.4 is 5.32 Å². The summed E-state index contributed by atoms with van der Waals surface area (Å²) >= 11 is 0. The molecule has 5 nitrogen and oxygen atoms in total. The SMILES string of the molecule is [2H]C([2H])([2H])[C@H](NC(=O)OCC1c2ccccc2-c2ccccc21)C(=O)O. The minimum atomic E-state index is -2.86. The number of carbonyl (C=O) groups excluding carboxylic acids is 1. The molecule has 0 fully saturated rings. The van der Waals surface area contributed by atoms with Crippen LogP contribution in [0.2, 0.25) is 0 Å². The second-order valence-corrected chi connectivity index (χ2v) is 5.24. The maximum Gasteiger partial charge on any atom is 0.407 e. The van der Waals surface area contributed by atoms with Gasteiger partial charge in [-0.05, 0) is 29.1 Å². The molecule has 0 aliphatic heterocycles. The number of nitrogens with one attached hydrogen (secondary N) is 1. The van der Waals surface area contributed by atoms with Crippen molar-refractivity contribution in [2.24, 2.45) is 0 Å². The van der Waals surface area contributed by atoms with Crippen molar-refractivity contribution in [1.29, 1.82) is 0 Å². The highest BCUT2D eigenvalue weighted by molar-refractivity contribution is 5.80. The Morgan fingerprint density at radius 2 is 1.74 bits per heavy atom. The molecule has 0 saturated carbocycles. The second-order valence-electron chi connectivity index (χ2n) is 5.24. The van der Waals surface area contributed by atoms with Gasteiger partial charge in [-0.1, -0.05) is 48.5 Å². The number of amides is 1. The summed E-state index contributed by atoms with van der Waals surface area (Å²) in [6, 6.07) is 13.5. The number of ether oxygens (including phenoxy) is 1. The Morgan fingerprint density at radius 3 is 2.26 bits per heavy atom. The Hall–Kier alpha value is -2.82. The molecule has 2 N–H and O–H groups in total. The summed E-state index contributed by atoms with van der Waals surface area (Å²) in [5.41, 5.74) is 4.13. The van der Waals surface area contributed by atoms with Crippen molar-refractivity contribution in [1.82, 2.24) is 5.32 Å². The number of rotatable bonds is 4. The summed E-state index contributed by atoms with van der Waals surface area (Å²) in [7, 11) is 0.